The van der Waals surface area contributed by atoms with Crippen molar-refractivity contribution in [3.8, 4) is 5.75 Å². The SMILES string of the molecule is COc1cccc2c1c(C(=O)C1CC3CCC1C3)cn2C. The fourth-order valence-electron chi connectivity index (χ4n) is 4.53. The van der Waals surface area contributed by atoms with Gasteiger partial charge in [0.25, 0.3) is 0 Å². The summed E-state index contributed by atoms with van der Waals surface area (Å²) in [5.74, 6) is 2.78. The van der Waals surface area contributed by atoms with Crippen LogP contribution in [0.4, 0.5) is 0 Å². The molecule has 2 aromatic rings. The lowest BCUT2D eigenvalue weighted by molar-refractivity contribution is 0.0876. The first-order valence-electron chi connectivity index (χ1n) is 7.85. The molecule has 21 heavy (non-hydrogen) atoms. The Kier molecular flexibility index (Phi) is 2.84. The predicted molar refractivity (Wildman–Crippen MR) is 82.7 cm³/mol. The number of ether oxygens (including phenoxy) is 1. The number of aryl methyl sites for hydroxylation is 1. The molecule has 2 aliphatic carbocycles. The topological polar surface area (TPSA) is 31.2 Å². The predicted octanol–water partition coefficient (Wildman–Crippen LogP) is 3.81. The van der Waals surface area contributed by atoms with Crippen LogP contribution in [0.25, 0.3) is 10.9 Å². The highest BCUT2D eigenvalue weighted by Crippen LogP contribution is 2.50. The zero-order valence-corrected chi connectivity index (χ0v) is 12.6. The maximum absolute atomic E-state index is 13.1. The highest BCUT2D eigenvalue weighted by molar-refractivity contribution is 6.11. The molecule has 2 saturated carbocycles. The summed E-state index contributed by atoms with van der Waals surface area (Å²) in [4.78, 5) is 13.1. The Bertz CT molecular complexity index is 715. The molecule has 2 aliphatic rings. The van der Waals surface area contributed by atoms with Crippen LogP contribution in [0.3, 0.4) is 0 Å². The molecule has 3 unspecified atom stereocenters. The summed E-state index contributed by atoms with van der Waals surface area (Å²) in [6.45, 7) is 0. The number of rotatable bonds is 3. The summed E-state index contributed by atoms with van der Waals surface area (Å²) in [5.41, 5.74) is 1.92. The van der Waals surface area contributed by atoms with Crippen LogP contribution in [0.1, 0.15) is 36.0 Å². The van der Waals surface area contributed by atoms with Gasteiger partial charge in [0.2, 0.25) is 0 Å². The van der Waals surface area contributed by atoms with Crippen molar-refractivity contribution in [2.75, 3.05) is 7.11 Å². The van der Waals surface area contributed by atoms with Crippen molar-refractivity contribution in [2.45, 2.75) is 25.7 Å². The second-order valence-corrected chi connectivity index (χ2v) is 6.65. The molecule has 3 atom stereocenters. The molecule has 110 valence electrons. The van der Waals surface area contributed by atoms with E-state index in [1.165, 1.54) is 19.3 Å². The number of hydrogen-bond acceptors (Lipinski definition) is 2. The molecule has 4 rings (SSSR count). The lowest BCUT2D eigenvalue weighted by Gasteiger charge is -2.20. The van der Waals surface area contributed by atoms with E-state index >= 15 is 0 Å². The summed E-state index contributed by atoms with van der Waals surface area (Å²) in [6.07, 6.45) is 6.91. The molecule has 0 radical (unpaired) electrons. The van der Waals surface area contributed by atoms with Crippen LogP contribution < -0.4 is 4.74 Å². The van der Waals surface area contributed by atoms with Crippen molar-refractivity contribution in [2.24, 2.45) is 24.8 Å². The molecule has 3 heteroatoms. The Morgan fingerprint density at radius 1 is 1.29 bits per heavy atom. The van der Waals surface area contributed by atoms with Crippen LogP contribution in [0.2, 0.25) is 0 Å². The number of ketones is 1. The van der Waals surface area contributed by atoms with Gasteiger partial charge < -0.3 is 9.30 Å². The van der Waals surface area contributed by atoms with Gasteiger partial charge in [-0.3, -0.25) is 4.79 Å². The second kappa shape index (κ2) is 4.62. The molecular weight excluding hydrogens is 262 g/mol. The van der Waals surface area contributed by atoms with E-state index in [9.17, 15) is 4.79 Å². The standard InChI is InChI=1S/C18H21NO2/c1-19-10-14(17-15(19)4-3-5-16(17)21-2)18(20)13-9-11-6-7-12(13)8-11/h3-5,10-13H,6-9H2,1-2H3. The minimum absolute atomic E-state index is 0.235. The molecule has 0 spiro atoms. The molecule has 2 fully saturated rings. The van der Waals surface area contributed by atoms with Crippen LogP contribution in [0.5, 0.6) is 5.75 Å². The maximum atomic E-state index is 13.1. The van der Waals surface area contributed by atoms with Crippen molar-refractivity contribution in [1.82, 2.24) is 4.57 Å². The van der Waals surface area contributed by atoms with E-state index in [4.69, 9.17) is 4.74 Å². The lowest BCUT2D eigenvalue weighted by atomic mass is 9.83. The first-order valence-corrected chi connectivity index (χ1v) is 7.85. The van der Waals surface area contributed by atoms with E-state index in [0.717, 1.165) is 34.6 Å². The third-order valence-corrected chi connectivity index (χ3v) is 5.54. The van der Waals surface area contributed by atoms with Gasteiger partial charge in [-0.05, 0) is 43.2 Å². The number of Topliss-reactive ketones (excluding diaryl/α,β-unsaturated/α-hetero) is 1. The normalized spacial score (nSPS) is 27.4. The summed E-state index contributed by atoms with van der Waals surface area (Å²) in [6, 6.07) is 5.97. The average molecular weight is 283 g/mol. The molecule has 1 aromatic carbocycles. The first kappa shape index (κ1) is 12.9. The summed E-state index contributed by atoms with van der Waals surface area (Å²) >= 11 is 0. The van der Waals surface area contributed by atoms with Gasteiger partial charge in [-0.1, -0.05) is 12.5 Å². The Hall–Kier alpha value is -1.77. The Morgan fingerprint density at radius 3 is 2.81 bits per heavy atom. The van der Waals surface area contributed by atoms with Gasteiger partial charge in [0.1, 0.15) is 5.75 Å². The smallest absolute Gasteiger partial charge is 0.168 e. The number of methoxy groups -OCH3 is 1. The van der Waals surface area contributed by atoms with Crippen LogP contribution >= 0.6 is 0 Å². The van der Waals surface area contributed by atoms with Gasteiger partial charge in [-0.25, -0.2) is 0 Å². The van der Waals surface area contributed by atoms with Crippen molar-refractivity contribution in [1.29, 1.82) is 0 Å². The van der Waals surface area contributed by atoms with Gasteiger partial charge in [0.15, 0.2) is 5.78 Å². The van der Waals surface area contributed by atoms with Crippen molar-refractivity contribution >= 4 is 16.7 Å². The highest BCUT2D eigenvalue weighted by Gasteiger charge is 2.43. The summed E-state index contributed by atoms with van der Waals surface area (Å²) in [5, 5.41) is 0.982. The number of nitrogens with zero attached hydrogens (tertiary/aromatic N) is 1. The van der Waals surface area contributed by atoms with Gasteiger partial charge >= 0.3 is 0 Å². The molecule has 0 saturated heterocycles. The second-order valence-electron chi connectivity index (χ2n) is 6.65. The fraction of sp³-hybridized carbons (Fsp3) is 0.500. The first-order chi connectivity index (χ1) is 10.2. The van der Waals surface area contributed by atoms with Crippen LogP contribution in [-0.2, 0) is 7.05 Å². The zero-order chi connectivity index (χ0) is 14.6. The lowest BCUT2D eigenvalue weighted by Crippen LogP contribution is -2.20. The molecule has 0 aliphatic heterocycles. The zero-order valence-electron chi connectivity index (χ0n) is 12.6. The molecule has 3 nitrogen and oxygen atoms in total. The molecule has 2 bridgehead atoms. The number of fused-ring (bicyclic) bond motifs is 3. The van der Waals surface area contributed by atoms with Crippen LogP contribution in [0, 0.1) is 17.8 Å². The van der Waals surface area contributed by atoms with E-state index < -0.39 is 0 Å². The monoisotopic (exact) mass is 283 g/mol. The van der Waals surface area contributed by atoms with E-state index in [1.807, 2.05) is 29.9 Å². The molecule has 0 N–H and O–H groups in total. The molecule has 0 amide bonds. The minimum Gasteiger partial charge on any atom is -0.496 e. The number of aromatic nitrogens is 1. The summed E-state index contributed by atoms with van der Waals surface area (Å²) in [7, 11) is 3.67. The number of carbonyl (C=O) groups excluding carboxylic acids is 1. The Morgan fingerprint density at radius 2 is 2.14 bits per heavy atom. The van der Waals surface area contributed by atoms with Gasteiger partial charge in [0.05, 0.1) is 18.0 Å². The van der Waals surface area contributed by atoms with E-state index in [0.29, 0.717) is 11.7 Å². The molecular formula is C18H21NO2. The van der Waals surface area contributed by atoms with E-state index in [-0.39, 0.29) is 5.92 Å². The largest absolute Gasteiger partial charge is 0.496 e. The Labute approximate surface area is 124 Å². The van der Waals surface area contributed by atoms with Crippen molar-refractivity contribution < 1.29 is 9.53 Å². The average Bonchev–Trinajstić information content (AvgIpc) is 3.21. The maximum Gasteiger partial charge on any atom is 0.168 e. The van der Waals surface area contributed by atoms with Crippen molar-refractivity contribution in [3.05, 3.63) is 30.0 Å². The summed E-state index contributed by atoms with van der Waals surface area (Å²) < 4.78 is 7.53. The highest BCUT2D eigenvalue weighted by atomic mass is 16.5. The quantitative estimate of drug-likeness (QED) is 0.802. The molecule has 1 heterocycles. The molecule has 1 aromatic heterocycles. The number of carbonyl (C=O) groups is 1. The van der Waals surface area contributed by atoms with Crippen molar-refractivity contribution in [3.63, 3.8) is 0 Å². The van der Waals surface area contributed by atoms with Crippen LogP contribution in [-0.4, -0.2) is 17.5 Å². The third-order valence-electron chi connectivity index (χ3n) is 5.54. The fourth-order valence-corrected chi connectivity index (χ4v) is 4.53. The third kappa shape index (κ3) is 1.83. The van der Waals surface area contributed by atoms with E-state index in [1.54, 1.807) is 7.11 Å². The number of hydrogen-bond donors (Lipinski definition) is 0. The van der Waals surface area contributed by atoms with Gasteiger partial charge in [-0.15, -0.1) is 0 Å². The van der Waals surface area contributed by atoms with Gasteiger partial charge in [-0.2, -0.15) is 0 Å². The number of benzene rings is 1. The Balaban J connectivity index is 1.81. The van der Waals surface area contributed by atoms with E-state index in [2.05, 4.69) is 6.07 Å². The van der Waals surface area contributed by atoms with Crippen LogP contribution in [0.15, 0.2) is 24.4 Å². The minimum atomic E-state index is 0.235. The van der Waals surface area contributed by atoms with Gasteiger partial charge in [0, 0.05) is 24.7 Å².